The normalized spacial score (nSPS) is 21.4. The van der Waals surface area contributed by atoms with Gasteiger partial charge in [-0.3, -0.25) is 24.5 Å². The second-order valence-corrected chi connectivity index (χ2v) is 10.7. The predicted molar refractivity (Wildman–Crippen MR) is 146 cm³/mol. The summed E-state index contributed by atoms with van der Waals surface area (Å²) in [6.07, 6.45) is 5.56. The van der Waals surface area contributed by atoms with E-state index in [9.17, 15) is 9.59 Å². The lowest BCUT2D eigenvalue weighted by atomic mass is 10.1. The smallest absolute Gasteiger partial charge is 0.258 e. The molecule has 2 N–H and O–H groups in total. The van der Waals surface area contributed by atoms with E-state index >= 15 is 0 Å². The van der Waals surface area contributed by atoms with Crippen LogP contribution in [0.3, 0.4) is 0 Å². The van der Waals surface area contributed by atoms with Crippen LogP contribution in [-0.4, -0.2) is 65.1 Å². The van der Waals surface area contributed by atoms with Crippen molar-refractivity contribution >= 4 is 11.8 Å². The van der Waals surface area contributed by atoms with E-state index in [-0.39, 0.29) is 30.6 Å². The zero-order chi connectivity index (χ0) is 27.5. The number of aromatic nitrogens is 2. The van der Waals surface area contributed by atoms with Crippen LogP contribution >= 0.6 is 0 Å². The van der Waals surface area contributed by atoms with Crippen molar-refractivity contribution < 1.29 is 23.8 Å². The van der Waals surface area contributed by atoms with Crippen LogP contribution in [0.5, 0.6) is 17.2 Å². The third-order valence-electron chi connectivity index (χ3n) is 7.27. The zero-order valence-electron chi connectivity index (χ0n) is 22.5. The molecule has 10 nitrogen and oxygen atoms in total. The topological polar surface area (TPSA) is 115 Å². The number of carbonyl (C=O) groups is 2. The van der Waals surface area contributed by atoms with E-state index in [0.717, 1.165) is 29.8 Å². The van der Waals surface area contributed by atoms with Crippen molar-refractivity contribution in [2.24, 2.45) is 5.92 Å². The van der Waals surface area contributed by atoms with Crippen LogP contribution in [0.1, 0.15) is 40.2 Å². The molecule has 2 fully saturated rings. The van der Waals surface area contributed by atoms with Gasteiger partial charge in [-0.1, -0.05) is 12.1 Å². The van der Waals surface area contributed by atoms with Crippen molar-refractivity contribution in [2.75, 3.05) is 26.3 Å². The van der Waals surface area contributed by atoms with Gasteiger partial charge in [0, 0.05) is 50.2 Å². The number of nitrogens with one attached hydrogen (secondary N) is 2. The van der Waals surface area contributed by atoms with Crippen LogP contribution in [0.15, 0.2) is 54.9 Å². The molecule has 3 aromatic rings. The van der Waals surface area contributed by atoms with Crippen molar-refractivity contribution in [3.8, 4) is 17.2 Å². The summed E-state index contributed by atoms with van der Waals surface area (Å²) in [7, 11) is 0. The number of likely N-dealkylation sites (tertiary alicyclic amines) is 1. The Kier molecular flexibility index (Phi) is 7.50. The fourth-order valence-electron chi connectivity index (χ4n) is 4.85. The van der Waals surface area contributed by atoms with E-state index in [1.807, 2.05) is 31.2 Å². The summed E-state index contributed by atoms with van der Waals surface area (Å²) in [5.74, 6) is 1.68. The molecule has 0 spiro atoms. The number of aryl methyl sites for hydroxylation is 1. The Balaban J connectivity index is 1.26. The van der Waals surface area contributed by atoms with Crippen LogP contribution in [-0.2, 0) is 17.9 Å². The maximum absolute atomic E-state index is 13.6. The number of hydrogen-bond donors (Lipinski definition) is 2. The number of ether oxygens (including phenoxy) is 3. The van der Waals surface area contributed by atoms with Crippen molar-refractivity contribution in [1.29, 1.82) is 0 Å². The maximum Gasteiger partial charge on any atom is 0.258 e. The van der Waals surface area contributed by atoms with Gasteiger partial charge in [0.25, 0.3) is 11.8 Å². The summed E-state index contributed by atoms with van der Waals surface area (Å²) < 4.78 is 18.2. The first-order valence-corrected chi connectivity index (χ1v) is 13.7. The standard InChI is InChI=1S/C30H33N5O5/c1-19-11-32-23(13-31-19)14-35-15-27-28(16-35)40-24-6-4-20(5-7-24)12-33-29(36)18-39-26-9-22(30(37)34-27)8-25(10-26)38-17-21-2-3-21/h4-11,13,21,27-28H,2-3,12,14-18H2,1H3,(H,33,36)(H,34,37)/t27-,28-/m0/s1. The molecule has 7 rings (SSSR count). The minimum atomic E-state index is -0.284. The Labute approximate surface area is 233 Å². The highest BCUT2D eigenvalue weighted by molar-refractivity contribution is 5.95. The molecule has 208 valence electrons. The number of rotatable bonds is 5. The Morgan fingerprint density at radius 1 is 1.02 bits per heavy atom. The van der Waals surface area contributed by atoms with Gasteiger partial charge in [0.15, 0.2) is 6.61 Å². The van der Waals surface area contributed by atoms with Crippen molar-refractivity contribution in [2.45, 2.75) is 45.0 Å². The Bertz CT molecular complexity index is 1360. The molecule has 2 atom stereocenters. The maximum atomic E-state index is 13.6. The molecule has 0 unspecified atom stereocenters. The van der Waals surface area contributed by atoms with Gasteiger partial charge < -0.3 is 24.8 Å². The largest absolute Gasteiger partial charge is 0.493 e. The second-order valence-electron chi connectivity index (χ2n) is 10.7. The molecule has 4 bridgehead atoms. The number of hydrogen-bond acceptors (Lipinski definition) is 8. The molecule has 4 heterocycles. The summed E-state index contributed by atoms with van der Waals surface area (Å²) in [5.41, 5.74) is 3.07. The van der Waals surface area contributed by atoms with Gasteiger partial charge >= 0.3 is 0 Å². The van der Waals surface area contributed by atoms with Gasteiger partial charge in [-0.2, -0.15) is 0 Å². The molecule has 1 saturated heterocycles. The highest BCUT2D eigenvalue weighted by Crippen LogP contribution is 2.31. The molecule has 2 aromatic carbocycles. The van der Waals surface area contributed by atoms with E-state index in [1.165, 1.54) is 0 Å². The average molecular weight is 544 g/mol. The number of amides is 2. The highest BCUT2D eigenvalue weighted by Gasteiger charge is 2.36. The highest BCUT2D eigenvalue weighted by atomic mass is 16.5. The zero-order valence-corrected chi connectivity index (χ0v) is 22.5. The van der Waals surface area contributed by atoms with Gasteiger partial charge in [-0.05, 0) is 55.5 Å². The first-order valence-electron chi connectivity index (χ1n) is 13.7. The van der Waals surface area contributed by atoms with Gasteiger partial charge in [0.2, 0.25) is 0 Å². The number of carbonyl (C=O) groups excluding carboxylic acids is 2. The monoisotopic (exact) mass is 543 g/mol. The first-order chi connectivity index (χ1) is 19.5. The molecule has 3 aliphatic heterocycles. The molecule has 10 heteroatoms. The van der Waals surface area contributed by atoms with Crippen molar-refractivity contribution in [3.05, 3.63) is 77.4 Å². The van der Waals surface area contributed by atoms with E-state index in [2.05, 4.69) is 25.5 Å². The third kappa shape index (κ3) is 6.69. The molecular formula is C30H33N5O5. The van der Waals surface area contributed by atoms with E-state index < -0.39 is 0 Å². The summed E-state index contributed by atoms with van der Waals surface area (Å²) >= 11 is 0. The number of benzene rings is 2. The molecular weight excluding hydrogens is 510 g/mol. The molecule has 2 amide bonds. The minimum absolute atomic E-state index is 0.171. The van der Waals surface area contributed by atoms with Crippen LogP contribution in [0.25, 0.3) is 0 Å². The Morgan fingerprint density at radius 3 is 2.65 bits per heavy atom. The Morgan fingerprint density at radius 2 is 1.88 bits per heavy atom. The number of fused-ring (bicyclic) bond motifs is 7. The quantitative estimate of drug-likeness (QED) is 0.505. The fourth-order valence-corrected chi connectivity index (χ4v) is 4.85. The molecule has 40 heavy (non-hydrogen) atoms. The fraction of sp³-hybridized carbons (Fsp3) is 0.400. The van der Waals surface area contributed by atoms with Crippen molar-refractivity contribution in [1.82, 2.24) is 25.5 Å². The van der Waals surface area contributed by atoms with Crippen LogP contribution in [0.4, 0.5) is 0 Å². The van der Waals surface area contributed by atoms with Crippen LogP contribution < -0.4 is 24.8 Å². The summed E-state index contributed by atoms with van der Waals surface area (Å²) in [5, 5.41) is 6.05. The molecule has 1 aliphatic carbocycles. The third-order valence-corrected chi connectivity index (χ3v) is 7.27. The lowest BCUT2D eigenvalue weighted by molar-refractivity contribution is -0.123. The predicted octanol–water partition coefficient (Wildman–Crippen LogP) is 2.64. The average Bonchev–Trinajstić information content (AvgIpc) is 3.72. The van der Waals surface area contributed by atoms with Gasteiger partial charge in [-0.25, -0.2) is 0 Å². The Hall–Kier alpha value is -4.18. The lowest BCUT2D eigenvalue weighted by Crippen LogP contribution is -2.45. The van der Waals surface area contributed by atoms with Crippen LogP contribution in [0.2, 0.25) is 0 Å². The van der Waals surface area contributed by atoms with E-state index in [1.54, 1.807) is 30.6 Å². The van der Waals surface area contributed by atoms with Crippen molar-refractivity contribution in [3.63, 3.8) is 0 Å². The van der Waals surface area contributed by atoms with E-state index in [4.69, 9.17) is 14.2 Å². The molecule has 1 aromatic heterocycles. The second kappa shape index (κ2) is 11.5. The lowest BCUT2D eigenvalue weighted by Gasteiger charge is -2.22. The summed E-state index contributed by atoms with van der Waals surface area (Å²) in [6, 6.07) is 12.4. The van der Waals surface area contributed by atoms with Gasteiger partial charge in [0.05, 0.1) is 24.0 Å². The molecule has 1 saturated carbocycles. The molecule has 4 aliphatic rings. The van der Waals surface area contributed by atoms with Crippen LogP contribution in [0, 0.1) is 12.8 Å². The summed E-state index contributed by atoms with van der Waals surface area (Å²) in [4.78, 5) is 37.1. The first kappa shape index (κ1) is 26.1. The van der Waals surface area contributed by atoms with Gasteiger partial charge in [0.1, 0.15) is 23.4 Å². The summed E-state index contributed by atoms with van der Waals surface area (Å²) in [6.45, 7) is 4.50. The SMILES string of the molecule is Cc1cnc(CN2C[C@@H]3NC(=O)c4cc(cc(OCC5CC5)c4)OCC(=O)NCc4ccc(cc4)O[C@H]3C2)cn1. The van der Waals surface area contributed by atoms with Gasteiger partial charge in [-0.15, -0.1) is 0 Å². The molecule has 0 radical (unpaired) electrons. The minimum Gasteiger partial charge on any atom is -0.493 e. The number of nitrogens with zero attached hydrogens (tertiary/aromatic N) is 3. The van der Waals surface area contributed by atoms with E-state index in [0.29, 0.717) is 61.5 Å².